The van der Waals surface area contributed by atoms with Crippen molar-refractivity contribution in [2.24, 2.45) is 5.92 Å². The predicted octanol–water partition coefficient (Wildman–Crippen LogP) is 2.09. The molecule has 1 aromatic carbocycles. The molecule has 2 rings (SSSR count). The number of amides is 1. The summed E-state index contributed by atoms with van der Waals surface area (Å²) in [6.45, 7) is 0.607. The van der Waals surface area contributed by atoms with Gasteiger partial charge in [-0.3, -0.25) is 4.79 Å². The minimum Gasteiger partial charge on any atom is -0.395 e. The second kappa shape index (κ2) is 7.06. The van der Waals surface area contributed by atoms with Gasteiger partial charge in [0, 0.05) is 18.5 Å². The summed E-state index contributed by atoms with van der Waals surface area (Å²) >= 11 is 0. The van der Waals surface area contributed by atoms with Crippen LogP contribution in [0, 0.1) is 23.6 Å². The van der Waals surface area contributed by atoms with Crippen LogP contribution in [-0.2, 0) is 0 Å². The van der Waals surface area contributed by atoms with Crippen LogP contribution in [0.25, 0.3) is 0 Å². The van der Waals surface area contributed by atoms with E-state index in [2.05, 4.69) is 17.2 Å². The number of carbonyl (C=O) groups is 1. The average Bonchev–Trinajstić information content (AvgIpc) is 2.38. The first-order chi connectivity index (χ1) is 9.70. The van der Waals surface area contributed by atoms with E-state index >= 15 is 0 Å². The number of aliphatic hydroxyl groups is 1. The number of halogens is 1. The molecule has 2 N–H and O–H groups in total. The molecular weight excluding hydrogens is 257 g/mol. The van der Waals surface area contributed by atoms with Gasteiger partial charge in [0.2, 0.25) is 0 Å². The zero-order valence-corrected chi connectivity index (χ0v) is 11.3. The van der Waals surface area contributed by atoms with E-state index in [9.17, 15) is 9.18 Å². The van der Waals surface area contributed by atoms with Gasteiger partial charge in [0.25, 0.3) is 5.91 Å². The summed E-state index contributed by atoms with van der Waals surface area (Å²) in [6.07, 6.45) is 3.85. The summed E-state index contributed by atoms with van der Waals surface area (Å²) in [5, 5.41) is 11.5. The van der Waals surface area contributed by atoms with Crippen LogP contribution in [0.4, 0.5) is 4.39 Å². The Labute approximate surface area is 118 Å². The van der Waals surface area contributed by atoms with Gasteiger partial charge in [0.15, 0.2) is 0 Å². The van der Waals surface area contributed by atoms with Crippen LogP contribution >= 0.6 is 0 Å². The Morgan fingerprint density at radius 3 is 2.90 bits per heavy atom. The fourth-order valence-corrected chi connectivity index (χ4v) is 2.06. The van der Waals surface area contributed by atoms with Gasteiger partial charge in [-0.2, -0.15) is 0 Å². The topological polar surface area (TPSA) is 49.3 Å². The molecule has 1 saturated carbocycles. The third-order valence-corrected chi connectivity index (χ3v) is 3.46. The van der Waals surface area contributed by atoms with Gasteiger partial charge in [0.1, 0.15) is 5.82 Å². The Bertz CT molecular complexity index is 541. The number of aliphatic hydroxyl groups excluding tert-OH is 1. The van der Waals surface area contributed by atoms with Crippen LogP contribution < -0.4 is 5.32 Å². The molecule has 0 aromatic heterocycles. The van der Waals surface area contributed by atoms with E-state index < -0.39 is 5.82 Å². The van der Waals surface area contributed by atoms with E-state index in [1.807, 2.05) is 0 Å². The monoisotopic (exact) mass is 275 g/mol. The lowest BCUT2D eigenvalue weighted by Crippen LogP contribution is -2.32. The molecule has 1 aliphatic rings. The highest BCUT2D eigenvalue weighted by Crippen LogP contribution is 2.25. The second-order valence-corrected chi connectivity index (χ2v) is 4.97. The van der Waals surface area contributed by atoms with Crippen molar-refractivity contribution in [2.45, 2.75) is 25.7 Å². The number of carbonyl (C=O) groups excluding carboxylic acids is 1. The van der Waals surface area contributed by atoms with E-state index in [1.165, 1.54) is 24.6 Å². The van der Waals surface area contributed by atoms with Crippen molar-refractivity contribution >= 4 is 5.91 Å². The summed E-state index contributed by atoms with van der Waals surface area (Å²) in [4.78, 5) is 12.1. The molecular formula is C16H18FNO2. The fourth-order valence-electron chi connectivity index (χ4n) is 2.06. The van der Waals surface area contributed by atoms with E-state index in [1.54, 1.807) is 0 Å². The van der Waals surface area contributed by atoms with Gasteiger partial charge >= 0.3 is 0 Å². The Morgan fingerprint density at radius 1 is 1.45 bits per heavy atom. The minimum atomic E-state index is -0.452. The summed E-state index contributed by atoms with van der Waals surface area (Å²) < 4.78 is 13.3. The summed E-state index contributed by atoms with van der Waals surface area (Å²) in [5.74, 6) is 5.36. The molecule has 0 unspecified atom stereocenters. The van der Waals surface area contributed by atoms with Crippen molar-refractivity contribution < 1.29 is 14.3 Å². The molecule has 1 aliphatic carbocycles. The number of hydrogen-bond donors (Lipinski definition) is 2. The first kappa shape index (κ1) is 14.5. The summed E-state index contributed by atoms with van der Waals surface area (Å²) in [5.41, 5.74) is 0.751. The molecule has 106 valence electrons. The first-order valence-electron chi connectivity index (χ1n) is 6.88. The van der Waals surface area contributed by atoms with Crippen molar-refractivity contribution in [3.05, 3.63) is 35.1 Å². The maximum atomic E-state index is 13.3. The molecule has 3 nitrogen and oxygen atoms in total. The molecule has 1 fully saturated rings. The summed E-state index contributed by atoms with van der Waals surface area (Å²) in [7, 11) is 0. The molecule has 1 aromatic rings. The third kappa shape index (κ3) is 3.82. The van der Waals surface area contributed by atoms with Gasteiger partial charge in [0.05, 0.1) is 12.2 Å². The van der Waals surface area contributed by atoms with Gasteiger partial charge in [-0.25, -0.2) is 4.39 Å². The maximum Gasteiger partial charge on any atom is 0.252 e. The molecule has 1 amide bonds. The predicted molar refractivity (Wildman–Crippen MR) is 74.7 cm³/mol. The molecule has 20 heavy (non-hydrogen) atoms. The highest BCUT2D eigenvalue weighted by atomic mass is 19.1. The Kier molecular flexibility index (Phi) is 5.14. The number of hydrogen-bond acceptors (Lipinski definition) is 2. The number of benzene rings is 1. The van der Waals surface area contributed by atoms with Crippen molar-refractivity contribution in [1.82, 2.24) is 5.32 Å². The summed E-state index contributed by atoms with van der Waals surface area (Å²) in [6, 6.07) is 3.99. The van der Waals surface area contributed by atoms with E-state index in [-0.39, 0.29) is 18.1 Å². The fraction of sp³-hybridized carbons (Fsp3) is 0.438. The quantitative estimate of drug-likeness (QED) is 0.827. The van der Waals surface area contributed by atoms with Gasteiger partial charge < -0.3 is 10.4 Å². The lowest BCUT2D eigenvalue weighted by molar-refractivity contribution is 0.0938. The van der Waals surface area contributed by atoms with Crippen LogP contribution in [0.3, 0.4) is 0 Å². The highest BCUT2D eigenvalue weighted by Gasteiger charge is 2.19. The highest BCUT2D eigenvalue weighted by molar-refractivity contribution is 5.96. The van der Waals surface area contributed by atoms with Gasteiger partial charge in [-0.05, 0) is 37.0 Å². The lowest BCUT2D eigenvalue weighted by atomic mass is 9.85. The minimum absolute atomic E-state index is 0.0304. The Morgan fingerprint density at radius 2 is 2.25 bits per heavy atom. The molecule has 0 spiro atoms. The zero-order valence-electron chi connectivity index (χ0n) is 11.3. The second-order valence-electron chi connectivity index (χ2n) is 4.97. The van der Waals surface area contributed by atoms with Crippen molar-refractivity contribution in [3.63, 3.8) is 0 Å². The zero-order chi connectivity index (χ0) is 14.4. The van der Waals surface area contributed by atoms with Gasteiger partial charge in [-0.1, -0.05) is 18.3 Å². The van der Waals surface area contributed by atoms with Crippen LogP contribution in [0.2, 0.25) is 0 Å². The van der Waals surface area contributed by atoms with Crippen molar-refractivity contribution in [2.75, 3.05) is 13.2 Å². The van der Waals surface area contributed by atoms with Gasteiger partial charge in [-0.15, -0.1) is 0 Å². The average molecular weight is 275 g/mol. The SMILES string of the molecule is O=C(NCC1CCC1)c1cc(F)ccc1C#CCCO. The smallest absolute Gasteiger partial charge is 0.252 e. The molecule has 0 atom stereocenters. The van der Waals surface area contributed by atoms with Crippen LogP contribution in [0.5, 0.6) is 0 Å². The normalized spacial score (nSPS) is 14.1. The molecule has 0 saturated heterocycles. The Hall–Kier alpha value is -1.86. The standard InChI is InChI=1S/C16H18FNO2/c17-14-8-7-13(6-1-2-9-19)15(10-14)16(20)18-11-12-4-3-5-12/h7-8,10,12,19H,2-5,9,11H2,(H,18,20). The number of rotatable bonds is 4. The van der Waals surface area contributed by atoms with E-state index in [0.717, 1.165) is 12.8 Å². The molecule has 4 heteroatoms. The lowest BCUT2D eigenvalue weighted by Gasteiger charge is -2.25. The molecule has 0 heterocycles. The van der Waals surface area contributed by atoms with Crippen LogP contribution in [-0.4, -0.2) is 24.2 Å². The first-order valence-corrected chi connectivity index (χ1v) is 6.88. The van der Waals surface area contributed by atoms with E-state index in [0.29, 0.717) is 24.4 Å². The number of nitrogens with one attached hydrogen (secondary N) is 1. The van der Waals surface area contributed by atoms with Crippen molar-refractivity contribution in [1.29, 1.82) is 0 Å². The van der Waals surface area contributed by atoms with Crippen molar-refractivity contribution in [3.8, 4) is 11.8 Å². The molecule has 0 aliphatic heterocycles. The molecule has 0 bridgehead atoms. The maximum absolute atomic E-state index is 13.3. The Balaban J connectivity index is 2.09. The van der Waals surface area contributed by atoms with E-state index in [4.69, 9.17) is 5.11 Å². The largest absolute Gasteiger partial charge is 0.395 e. The molecule has 0 radical (unpaired) electrons. The van der Waals surface area contributed by atoms with Crippen LogP contribution in [0.15, 0.2) is 18.2 Å². The third-order valence-electron chi connectivity index (χ3n) is 3.46. The van der Waals surface area contributed by atoms with Crippen LogP contribution in [0.1, 0.15) is 41.6 Å².